The second-order valence-electron chi connectivity index (χ2n) is 6.89. The maximum atomic E-state index is 13.1. The summed E-state index contributed by atoms with van der Waals surface area (Å²) < 4.78 is 32.4. The standard InChI is InChI=1S/C23H21ClN2O5S/c1-16-12-13-17(14-20(16)24)25-22(27)15-31-23(28)19-10-6-7-11-21(19)32(29,30)26(2)18-8-4-3-5-9-18/h3-14H,15H2,1-2H3,(H,25,27). The van der Waals surface area contributed by atoms with Crippen LogP contribution in [0, 0.1) is 6.92 Å². The number of hydrogen-bond acceptors (Lipinski definition) is 5. The van der Waals surface area contributed by atoms with Crippen molar-refractivity contribution in [1.29, 1.82) is 0 Å². The Hall–Kier alpha value is -3.36. The molecule has 166 valence electrons. The number of sulfonamides is 1. The number of nitrogens with zero attached hydrogens (tertiary/aromatic N) is 1. The third kappa shape index (κ3) is 5.27. The second kappa shape index (κ2) is 9.84. The fourth-order valence-corrected chi connectivity index (χ4v) is 4.42. The number of benzene rings is 3. The lowest BCUT2D eigenvalue weighted by Gasteiger charge is -2.20. The molecular formula is C23H21ClN2O5S. The molecule has 1 amide bonds. The summed E-state index contributed by atoms with van der Waals surface area (Å²) in [5.41, 5.74) is 1.58. The Balaban J connectivity index is 1.74. The predicted octanol–water partition coefficient (Wildman–Crippen LogP) is 4.27. The molecule has 0 heterocycles. The molecule has 0 saturated heterocycles. The van der Waals surface area contributed by atoms with Crippen LogP contribution in [0.25, 0.3) is 0 Å². The molecule has 0 aliphatic heterocycles. The molecule has 0 aliphatic carbocycles. The van der Waals surface area contributed by atoms with Crippen LogP contribution in [0.3, 0.4) is 0 Å². The summed E-state index contributed by atoms with van der Waals surface area (Å²) in [4.78, 5) is 24.6. The first-order chi connectivity index (χ1) is 15.2. The molecule has 0 fully saturated rings. The zero-order valence-corrected chi connectivity index (χ0v) is 19.0. The highest BCUT2D eigenvalue weighted by molar-refractivity contribution is 7.92. The molecule has 0 atom stereocenters. The third-order valence-corrected chi connectivity index (χ3v) is 6.91. The van der Waals surface area contributed by atoms with Crippen LogP contribution in [0.4, 0.5) is 11.4 Å². The smallest absolute Gasteiger partial charge is 0.340 e. The van der Waals surface area contributed by atoms with Crippen molar-refractivity contribution in [2.75, 3.05) is 23.3 Å². The van der Waals surface area contributed by atoms with Gasteiger partial charge in [-0.15, -0.1) is 0 Å². The number of halogens is 1. The Morgan fingerprint density at radius 2 is 1.66 bits per heavy atom. The second-order valence-corrected chi connectivity index (χ2v) is 9.24. The normalized spacial score (nSPS) is 11.0. The van der Waals surface area contributed by atoms with Crippen molar-refractivity contribution in [1.82, 2.24) is 0 Å². The van der Waals surface area contributed by atoms with E-state index in [2.05, 4.69) is 5.32 Å². The van der Waals surface area contributed by atoms with Gasteiger partial charge in [-0.3, -0.25) is 9.10 Å². The Morgan fingerprint density at radius 3 is 2.34 bits per heavy atom. The molecule has 9 heteroatoms. The van der Waals surface area contributed by atoms with Crippen LogP contribution in [0.1, 0.15) is 15.9 Å². The average molecular weight is 473 g/mol. The molecule has 7 nitrogen and oxygen atoms in total. The van der Waals surface area contributed by atoms with Gasteiger partial charge in [-0.25, -0.2) is 13.2 Å². The van der Waals surface area contributed by atoms with E-state index >= 15 is 0 Å². The monoisotopic (exact) mass is 472 g/mol. The van der Waals surface area contributed by atoms with Crippen LogP contribution in [0.5, 0.6) is 0 Å². The van der Waals surface area contributed by atoms with Crippen molar-refractivity contribution in [2.24, 2.45) is 0 Å². The van der Waals surface area contributed by atoms with E-state index in [0.29, 0.717) is 16.4 Å². The summed E-state index contributed by atoms with van der Waals surface area (Å²) in [5.74, 6) is -1.51. The van der Waals surface area contributed by atoms with Crippen LogP contribution in [0.2, 0.25) is 5.02 Å². The molecule has 0 aromatic heterocycles. The number of carbonyl (C=O) groups excluding carboxylic acids is 2. The Kier molecular flexibility index (Phi) is 7.17. The van der Waals surface area contributed by atoms with Crippen molar-refractivity contribution < 1.29 is 22.7 Å². The number of aryl methyl sites for hydroxylation is 1. The first kappa shape index (κ1) is 23.3. The van der Waals surface area contributed by atoms with Crippen molar-refractivity contribution in [3.63, 3.8) is 0 Å². The van der Waals surface area contributed by atoms with Gasteiger partial charge < -0.3 is 10.1 Å². The third-order valence-electron chi connectivity index (χ3n) is 4.66. The fraction of sp³-hybridized carbons (Fsp3) is 0.130. The number of nitrogens with one attached hydrogen (secondary N) is 1. The van der Waals surface area contributed by atoms with E-state index in [-0.39, 0.29) is 10.5 Å². The molecule has 1 N–H and O–H groups in total. The van der Waals surface area contributed by atoms with Gasteiger partial charge in [-0.05, 0) is 48.9 Å². The lowest BCUT2D eigenvalue weighted by molar-refractivity contribution is -0.119. The zero-order chi connectivity index (χ0) is 23.3. The maximum Gasteiger partial charge on any atom is 0.340 e. The number of anilines is 2. The van der Waals surface area contributed by atoms with Gasteiger partial charge in [0.2, 0.25) is 0 Å². The topological polar surface area (TPSA) is 92.8 Å². The first-order valence-corrected chi connectivity index (χ1v) is 11.4. The minimum Gasteiger partial charge on any atom is -0.452 e. The maximum absolute atomic E-state index is 13.1. The van der Waals surface area contributed by atoms with E-state index in [9.17, 15) is 18.0 Å². The minimum atomic E-state index is -4.05. The van der Waals surface area contributed by atoms with Crippen LogP contribution in [-0.4, -0.2) is 33.9 Å². The number of amides is 1. The van der Waals surface area contributed by atoms with Crippen molar-refractivity contribution in [2.45, 2.75) is 11.8 Å². The van der Waals surface area contributed by atoms with Crippen LogP contribution >= 0.6 is 11.6 Å². The Bertz CT molecular complexity index is 1250. The highest BCUT2D eigenvalue weighted by Crippen LogP contribution is 2.25. The zero-order valence-electron chi connectivity index (χ0n) is 17.4. The van der Waals surface area contributed by atoms with E-state index in [4.69, 9.17) is 16.3 Å². The summed E-state index contributed by atoms with van der Waals surface area (Å²) in [6, 6.07) is 19.1. The number of carbonyl (C=O) groups is 2. The molecule has 32 heavy (non-hydrogen) atoms. The summed E-state index contributed by atoms with van der Waals surface area (Å²) in [7, 11) is -2.65. The first-order valence-electron chi connectivity index (χ1n) is 9.56. The summed E-state index contributed by atoms with van der Waals surface area (Å²) in [6.45, 7) is 1.24. The Labute approximate surface area is 191 Å². The van der Waals surface area contributed by atoms with Gasteiger partial charge in [0.25, 0.3) is 15.9 Å². The van der Waals surface area contributed by atoms with Crippen molar-refractivity contribution in [3.8, 4) is 0 Å². The van der Waals surface area contributed by atoms with E-state index in [1.54, 1.807) is 48.5 Å². The van der Waals surface area contributed by atoms with E-state index in [1.807, 2.05) is 6.92 Å². The molecule has 3 rings (SSSR count). The van der Waals surface area contributed by atoms with Gasteiger partial charge in [0, 0.05) is 17.8 Å². The SMILES string of the molecule is Cc1ccc(NC(=O)COC(=O)c2ccccc2S(=O)(=O)N(C)c2ccccc2)cc1Cl. The number of hydrogen-bond donors (Lipinski definition) is 1. The molecule has 0 saturated carbocycles. The molecule has 0 bridgehead atoms. The molecule has 0 spiro atoms. The van der Waals surface area contributed by atoms with Crippen molar-refractivity contribution >= 4 is 44.9 Å². The Morgan fingerprint density at radius 1 is 1.00 bits per heavy atom. The summed E-state index contributed by atoms with van der Waals surface area (Å²) in [6.07, 6.45) is 0. The quantitative estimate of drug-likeness (QED) is 0.518. The molecule has 0 radical (unpaired) electrons. The van der Waals surface area contributed by atoms with Gasteiger partial charge in [-0.2, -0.15) is 0 Å². The minimum absolute atomic E-state index is 0.165. The van der Waals surface area contributed by atoms with Gasteiger partial charge in [0.1, 0.15) is 4.90 Å². The number of rotatable bonds is 7. The molecule has 3 aromatic carbocycles. The number of para-hydroxylation sites is 1. The fourth-order valence-electron chi connectivity index (χ4n) is 2.86. The molecule has 0 aliphatic rings. The highest BCUT2D eigenvalue weighted by Gasteiger charge is 2.27. The van der Waals surface area contributed by atoms with E-state index in [0.717, 1.165) is 9.87 Å². The van der Waals surface area contributed by atoms with E-state index in [1.165, 1.54) is 31.3 Å². The van der Waals surface area contributed by atoms with Gasteiger partial charge in [0.05, 0.1) is 11.3 Å². The summed E-state index contributed by atoms with van der Waals surface area (Å²) >= 11 is 6.04. The van der Waals surface area contributed by atoms with Crippen LogP contribution in [0.15, 0.2) is 77.7 Å². The lowest BCUT2D eigenvalue weighted by Crippen LogP contribution is -2.28. The van der Waals surface area contributed by atoms with Crippen LogP contribution < -0.4 is 9.62 Å². The largest absolute Gasteiger partial charge is 0.452 e. The van der Waals surface area contributed by atoms with Crippen molar-refractivity contribution in [3.05, 3.63) is 88.9 Å². The van der Waals surface area contributed by atoms with Gasteiger partial charge >= 0.3 is 5.97 Å². The number of ether oxygens (including phenoxy) is 1. The van der Waals surface area contributed by atoms with Gasteiger partial charge in [0.15, 0.2) is 6.61 Å². The van der Waals surface area contributed by atoms with Gasteiger partial charge in [-0.1, -0.05) is 48.0 Å². The molecule has 3 aromatic rings. The lowest BCUT2D eigenvalue weighted by atomic mass is 10.2. The predicted molar refractivity (Wildman–Crippen MR) is 124 cm³/mol. The highest BCUT2D eigenvalue weighted by atomic mass is 35.5. The average Bonchev–Trinajstić information content (AvgIpc) is 2.80. The van der Waals surface area contributed by atoms with E-state index < -0.39 is 28.5 Å². The van der Waals surface area contributed by atoms with Crippen LogP contribution in [-0.2, 0) is 19.6 Å². The summed E-state index contributed by atoms with van der Waals surface area (Å²) in [5, 5.41) is 3.06. The number of esters is 1. The molecular weight excluding hydrogens is 452 g/mol. The molecule has 0 unspecified atom stereocenters.